The highest BCUT2D eigenvalue weighted by Gasteiger charge is 2.05. The first-order valence-corrected chi connectivity index (χ1v) is 8.57. The fourth-order valence-electron chi connectivity index (χ4n) is 2.76. The molecule has 3 rings (SSSR count). The zero-order valence-electron chi connectivity index (χ0n) is 14.4. The topological polar surface area (TPSA) is 51.2 Å². The van der Waals surface area contributed by atoms with Crippen LogP contribution in [0.25, 0.3) is 10.9 Å². The average molecular weight is 334 g/mol. The second-order valence-corrected chi connectivity index (χ2v) is 5.88. The smallest absolute Gasteiger partial charge is 0.257 e. The van der Waals surface area contributed by atoms with E-state index in [4.69, 9.17) is 4.74 Å². The third kappa shape index (κ3) is 4.57. The summed E-state index contributed by atoms with van der Waals surface area (Å²) in [5, 5.41) is 4.02. The van der Waals surface area contributed by atoms with Crippen molar-refractivity contribution in [2.24, 2.45) is 0 Å². The van der Waals surface area contributed by atoms with Crippen molar-refractivity contribution in [3.8, 4) is 5.75 Å². The number of hydrogen-bond acceptors (Lipinski definition) is 3. The minimum atomic E-state index is -0.116. The first kappa shape index (κ1) is 17.0. The number of hydrogen-bond donors (Lipinski definition) is 1. The summed E-state index contributed by atoms with van der Waals surface area (Å²) >= 11 is 0. The van der Waals surface area contributed by atoms with Crippen molar-refractivity contribution in [3.05, 3.63) is 71.9 Å². The Morgan fingerprint density at radius 3 is 2.84 bits per heavy atom. The SMILES string of the molecule is CCc1cccc(OCC(=O)NCCc2cccc3cccnc23)c1. The summed E-state index contributed by atoms with van der Waals surface area (Å²) in [6.45, 7) is 2.68. The Morgan fingerprint density at radius 1 is 1.12 bits per heavy atom. The molecule has 1 amide bonds. The summed E-state index contributed by atoms with van der Waals surface area (Å²) in [7, 11) is 0. The number of nitrogens with zero attached hydrogens (tertiary/aromatic N) is 1. The van der Waals surface area contributed by atoms with E-state index in [2.05, 4.69) is 17.2 Å². The van der Waals surface area contributed by atoms with Crippen LogP contribution in [0.3, 0.4) is 0 Å². The molecule has 0 unspecified atom stereocenters. The Labute approximate surface area is 147 Å². The Hall–Kier alpha value is -2.88. The van der Waals surface area contributed by atoms with Crippen molar-refractivity contribution in [2.75, 3.05) is 13.2 Å². The van der Waals surface area contributed by atoms with E-state index >= 15 is 0 Å². The van der Waals surface area contributed by atoms with Gasteiger partial charge in [-0.3, -0.25) is 9.78 Å². The molecule has 25 heavy (non-hydrogen) atoms. The number of ether oxygens (including phenoxy) is 1. The van der Waals surface area contributed by atoms with E-state index in [0.717, 1.165) is 35.1 Å². The number of rotatable bonds is 7. The molecule has 0 fully saturated rings. The molecule has 1 heterocycles. The van der Waals surface area contributed by atoms with Crippen LogP contribution in [0.4, 0.5) is 0 Å². The van der Waals surface area contributed by atoms with Gasteiger partial charge in [0.2, 0.25) is 0 Å². The zero-order chi connectivity index (χ0) is 17.5. The molecule has 0 atom stereocenters. The first-order chi connectivity index (χ1) is 12.3. The largest absolute Gasteiger partial charge is 0.484 e. The van der Waals surface area contributed by atoms with Crippen molar-refractivity contribution < 1.29 is 9.53 Å². The van der Waals surface area contributed by atoms with E-state index in [0.29, 0.717) is 6.54 Å². The highest BCUT2D eigenvalue weighted by atomic mass is 16.5. The molecule has 1 aromatic heterocycles. The third-order valence-corrected chi connectivity index (χ3v) is 4.11. The molecule has 128 valence electrons. The van der Waals surface area contributed by atoms with Crippen LogP contribution < -0.4 is 10.1 Å². The zero-order valence-corrected chi connectivity index (χ0v) is 14.4. The van der Waals surface area contributed by atoms with Gasteiger partial charge in [-0.05, 0) is 42.2 Å². The maximum absolute atomic E-state index is 12.0. The number of amides is 1. The molecule has 2 aromatic carbocycles. The van der Waals surface area contributed by atoms with Gasteiger partial charge in [-0.2, -0.15) is 0 Å². The van der Waals surface area contributed by atoms with Gasteiger partial charge < -0.3 is 10.1 Å². The molecule has 0 spiro atoms. The van der Waals surface area contributed by atoms with Gasteiger partial charge in [0.1, 0.15) is 5.75 Å². The molecule has 0 saturated carbocycles. The Kier molecular flexibility index (Phi) is 5.62. The first-order valence-electron chi connectivity index (χ1n) is 8.57. The van der Waals surface area contributed by atoms with Gasteiger partial charge in [0.05, 0.1) is 5.52 Å². The Bertz CT molecular complexity index is 856. The summed E-state index contributed by atoms with van der Waals surface area (Å²) < 4.78 is 5.56. The second-order valence-electron chi connectivity index (χ2n) is 5.88. The lowest BCUT2D eigenvalue weighted by Gasteiger charge is -2.09. The lowest BCUT2D eigenvalue weighted by molar-refractivity contribution is -0.123. The maximum Gasteiger partial charge on any atom is 0.257 e. The van der Waals surface area contributed by atoms with Crippen LogP contribution in [-0.2, 0) is 17.6 Å². The molecule has 1 N–H and O–H groups in total. The average Bonchev–Trinajstić information content (AvgIpc) is 2.67. The van der Waals surface area contributed by atoms with E-state index in [1.165, 1.54) is 5.56 Å². The van der Waals surface area contributed by atoms with Crippen molar-refractivity contribution in [2.45, 2.75) is 19.8 Å². The Balaban J connectivity index is 1.49. The molecule has 0 saturated heterocycles. The number of pyridine rings is 1. The molecular weight excluding hydrogens is 312 g/mol. The van der Waals surface area contributed by atoms with Gasteiger partial charge in [0, 0.05) is 18.1 Å². The van der Waals surface area contributed by atoms with Crippen molar-refractivity contribution >= 4 is 16.8 Å². The molecule has 3 aromatic rings. The monoisotopic (exact) mass is 334 g/mol. The minimum absolute atomic E-state index is 0.0287. The normalized spacial score (nSPS) is 10.6. The number of nitrogens with one attached hydrogen (secondary N) is 1. The molecule has 0 aliphatic rings. The molecule has 0 aliphatic carbocycles. The van der Waals surface area contributed by atoms with Crippen LogP contribution in [0.2, 0.25) is 0 Å². The number of benzene rings is 2. The predicted octanol–water partition coefficient (Wildman–Crippen LogP) is 3.53. The fourth-order valence-corrected chi connectivity index (χ4v) is 2.76. The number of aromatic nitrogens is 1. The number of carbonyl (C=O) groups is 1. The molecule has 0 radical (unpaired) electrons. The van der Waals surface area contributed by atoms with Crippen LogP contribution in [0, 0.1) is 0 Å². The maximum atomic E-state index is 12.0. The summed E-state index contributed by atoms with van der Waals surface area (Å²) in [5.41, 5.74) is 3.32. The minimum Gasteiger partial charge on any atom is -0.484 e. The number of aryl methyl sites for hydroxylation is 1. The molecule has 4 heteroatoms. The van der Waals surface area contributed by atoms with E-state index in [-0.39, 0.29) is 12.5 Å². The Morgan fingerprint density at radius 2 is 1.96 bits per heavy atom. The summed E-state index contributed by atoms with van der Waals surface area (Å²) in [6, 6.07) is 17.9. The van der Waals surface area contributed by atoms with E-state index in [1.54, 1.807) is 6.20 Å². The summed E-state index contributed by atoms with van der Waals surface area (Å²) in [6.07, 6.45) is 3.48. The van der Waals surface area contributed by atoms with E-state index < -0.39 is 0 Å². The fraction of sp³-hybridized carbons (Fsp3) is 0.238. The lowest BCUT2D eigenvalue weighted by atomic mass is 10.1. The van der Waals surface area contributed by atoms with Gasteiger partial charge in [0.25, 0.3) is 5.91 Å². The van der Waals surface area contributed by atoms with Crippen LogP contribution in [0.15, 0.2) is 60.8 Å². The van der Waals surface area contributed by atoms with Crippen molar-refractivity contribution in [1.29, 1.82) is 0 Å². The predicted molar refractivity (Wildman–Crippen MR) is 99.8 cm³/mol. The van der Waals surface area contributed by atoms with Gasteiger partial charge in [-0.1, -0.05) is 43.3 Å². The second kappa shape index (κ2) is 8.29. The summed E-state index contributed by atoms with van der Waals surface area (Å²) in [5.74, 6) is 0.614. The van der Waals surface area contributed by atoms with Gasteiger partial charge >= 0.3 is 0 Å². The van der Waals surface area contributed by atoms with Gasteiger partial charge in [-0.25, -0.2) is 0 Å². The van der Waals surface area contributed by atoms with Gasteiger partial charge in [-0.15, -0.1) is 0 Å². The van der Waals surface area contributed by atoms with E-state index in [9.17, 15) is 4.79 Å². The van der Waals surface area contributed by atoms with Gasteiger partial charge in [0.15, 0.2) is 6.61 Å². The van der Waals surface area contributed by atoms with Crippen LogP contribution in [0.5, 0.6) is 5.75 Å². The molecule has 0 aliphatic heterocycles. The number of para-hydroxylation sites is 1. The quantitative estimate of drug-likeness (QED) is 0.719. The molecule has 4 nitrogen and oxygen atoms in total. The molecular formula is C21H22N2O2. The molecule has 0 bridgehead atoms. The lowest BCUT2D eigenvalue weighted by Crippen LogP contribution is -2.30. The highest BCUT2D eigenvalue weighted by Crippen LogP contribution is 2.16. The van der Waals surface area contributed by atoms with Crippen LogP contribution in [-0.4, -0.2) is 24.0 Å². The van der Waals surface area contributed by atoms with E-state index in [1.807, 2.05) is 54.6 Å². The van der Waals surface area contributed by atoms with Crippen LogP contribution in [0.1, 0.15) is 18.1 Å². The number of fused-ring (bicyclic) bond motifs is 1. The van der Waals surface area contributed by atoms with Crippen molar-refractivity contribution in [1.82, 2.24) is 10.3 Å². The van der Waals surface area contributed by atoms with Crippen molar-refractivity contribution in [3.63, 3.8) is 0 Å². The number of carbonyl (C=O) groups excluding carboxylic acids is 1. The highest BCUT2D eigenvalue weighted by molar-refractivity contribution is 5.81. The summed E-state index contributed by atoms with van der Waals surface area (Å²) in [4.78, 5) is 16.4. The van der Waals surface area contributed by atoms with Crippen LogP contribution >= 0.6 is 0 Å². The third-order valence-electron chi connectivity index (χ3n) is 4.11. The standard InChI is InChI=1S/C21H22N2O2/c1-2-16-6-3-10-19(14-16)25-15-20(24)22-13-11-18-8-4-7-17-9-5-12-23-21(17)18/h3-10,12,14H,2,11,13,15H2,1H3,(H,22,24).